The molecule has 1 aliphatic rings. The van der Waals surface area contributed by atoms with Crippen LogP contribution < -0.4 is 28.4 Å². The van der Waals surface area contributed by atoms with Gasteiger partial charge in [0.2, 0.25) is 0 Å². The van der Waals surface area contributed by atoms with Crippen LogP contribution in [0.3, 0.4) is 0 Å². The first-order valence-corrected chi connectivity index (χ1v) is 11.6. The predicted octanol–water partition coefficient (Wildman–Crippen LogP) is 4.55. The monoisotopic (exact) mass is 493 g/mol. The Hall–Kier alpha value is -4.07. The van der Waals surface area contributed by atoms with Gasteiger partial charge in [-0.3, -0.25) is 4.79 Å². The van der Waals surface area contributed by atoms with Crippen LogP contribution in [0.15, 0.2) is 54.6 Å². The number of benzene rings is 3. The van der Waals surface area contributed by atoms with E-state index in [1.807, 2.05) is 36.4 Å². The number of para-hydroxylation sites is 3. The highest BCUT2D eigenvalue weighted by molar-refractivity contribution is 5.98. The zero-order valence-corrected chi connectivity index (χ0v) is 21.2. The van der Waals surface area contributed by atoms with Crippen molar-refractivity contribution in [2.24, 2.45) is 0 Å². The number of nitrogens with zero attached hydrogens (tertiary/aromatic N) is 1. The molecule has 4 rings (SSSR count). The summed E-state index contributed by atoms with van der Waals surface area (Å²) in [7, 11) is 7.88. The summed E-state index contributed by atoms with van der Waals surface area (Å²) in [6.07, 6.45) is 0.652. The summed E-state index contributed by atoms with van der Waals surface area (Å²) in [6.45, 7) is 0.697. The lowest BCUT2D eigenvalue weighted by Gasteiger charge is -2.38. The van der Waals surface area contributed by atoms with Gasteiger partial charge in [-0.05, 0) is 53.9 Å². The van der Waals surface area contributed by atoms with Gasteiger partial charge in [-0.15, -0.1) is 0 Å². The van der Waals surface area contributed by atoms with Crippen molar-refractivity contribution >= 4 is 5.91 Å². The minimum atomic E-state index is -0.401. The van der Waals surface area contributed by atoms with E-state index >= 15 is 0 Å². The van der Waals surface area contributed by atoms with Crippen LogP contribution in [0, 0.1) is 0 Å². The Morgan fingerprint density at radius 2 is 1.42 bits per heavy atom. The second-order valence-corrected chi connectivity index (χ2v) is 8.17. The minimum Gasteiger partial charge on any atom is -0.493 e. The standard InChI is InChI=1S/C28H31NO7/c1-31-22-10-6-7-11-23(22)36-17-21-20-16-26(34-4)25(33-3)15-18(20)13-14-29(21)28(30)19-9-8-12-24(32-2)27(19)35-5/h6-12,15-16,21H,13-14,17H2,1-5H3. The number of carbonyl (C=O) groups is 1. The quantitative estimate of drug-likeness (QED) is 0.433. The molecule has 1 unspecified atom stereocenters. The van der Waals surface area contributed by atoms with Crippen LogP contribution in [0.5, 0.6) is 34.5 Å². The maximum atomic E-state index is 13.9. The summed E-state index contributed by atoms with van der Waals surface area (Å²) in [5.41, 5.74) is 2.43. The van der Waals surface area contributed by atoms with Crippen molar-refractivity contribution in [3.05, 3.63) is 71.3 Å². The van der Waals surface area contributed by atoms with Gasteiger partial charge in [-0.2, -0.15) is 0 Å². The molecule has 1 aliphatic heterocycles. The Balaban J connectivity index is 1.76. The van der Waals surface area contributed by atoms with E-state index in [1.165, 1.54) is 7.11 Å². The molecule has 0 radical (unpaired) electrons. The number of hydrogen-bond donors (Lipinski definition) is 0. The van der Waals surface area contributed by atoms with Gasteiger partial charge in [0, 0.05) is 6.54 Å². The second kappa shape index (κ2) is 11.1. The van der Waals surface area contributed by atoms with Crippen molar-refractivity contribution < 1.29 is 33.2 Å². The van der Waals surface area contributed by atoms with Crippen molar-refractivity contribution in [2.75, 3.05) is 48.7 Å². The SMILES string of the molecule is COc1cc2c(cc1OC)C(COc1ccccc1OC)N(C(=O)c1cccc(OC)c1OC)CC2. The van der Waals surface area contributed by atoms with Crippen LogP contribution in [0.2, 0.25) is 0 Å². The van der Waals surface area contributed by atoms with Gasteiger partial charge in [0.25, 0.3) is 5.91 Å². The highest BCUT2D eigenvalue weighted by Crippen LogP contribution is 2.41. The predicted molar refractivity (Wildman–Crippen MR) is 135 cm³/mol. The molecule has 0 fully saturated rings. The molecule has 1 heterocycles. The maximum Gasteiger partial charge on any atom is 0.258 e. The Bertz CT molecular complexity index is 1230. The van der Waals surface area contributed by atoms with Crippen LogP contribution in [-0.4, -0.2) is 59.5 Å². The summed E-state index contributed by atoms with van der Waals surface area (Å²) in [5.74, 6) is 3.16. The second-order valence-electron chi connectivity index (χ2n) is 8.17. The zero-order chi connectivity index (χ0) is 25.7. The molecule has 3 aromatic carbocycles. The van der Waals surface area contributed by atoms with Crippen LogP contribution in [0.1, 0.15) is 27.5 Å². The summed E-state index contributed by atoms with van der Waals surface area (Å²) < 4.78 is 33.7. The van der Waals surface area contributed by atoms with Crippen LogP contribution in [0.25, 0.3) is 0 Å². The topological polar surface area (TPSA) is 75.7 Å². The molecule has 1 amide bonds. The lowest BCUT2D eigenvalue weighted by Crippen LogP contribution is -2.42. The third-order valence-corrected chi connectivity index (χ3v) is 6.36. The molecule has 0 spiro atoms. The van der Waals surface area contributed by atoms with E-state index < -0.39 is 6.04 Å². The number of methoxy groups -OCH3 is 5. The lowest BCUT2D eigenvalue weighted by molar-refractivity contribution is 0.0583. The molecule has 0 bridgehead atoms. The van der Waals surface area contributed by atoms with E-state index in [1.54, 1.807) is 51.5 Å². The fourth-order valence-corrected chi connectivity index (χ4v) is 4.57. The minimum absolute atomic E-state index is 0.181. The summed E-state index contributed by atoms with van der Waals surface area (Å²) in [5, 5.41) is 0. The zero-order valence-electron chi connectivity index (χ0n) is 21.2. The first-order valence-electron chi connectivity index (χ1n) is 11.6. The van der Waals surface area contributed by atoms with Gasteiger partial charge < -0.3 is 33.3 Å². The fraction of sp³-hybridized carbons (Fsp3) is 0.321. The van der Waals surface area contributed by atoms with E-state index in [0.29, 0.717) is 53.0 Å². The third-order valence-electron chi connectivity index (χ3n) is 6.36. The largest absolute Gasteiger partial charge is 0.493 e. The van der Waals surface area contributed by atoms with Gasteiger partial charge in [0.1, 0.15) is 6.61 Å². The molecule has 3 aromatic rings. The van der Waals surface area contributed by atoms with Crippen molar-refractivity contribution in [1.29, 1.82) is 0 Å². The first-order chi connectivity index (χ1) is 17.6. The van der Waals surface area contributed by atoms with Crippen LogP contribution in [-0.2, 0) is 6.42 Å². The number of amides is 1. The molecule has 0 saturated heterocycles. The average molecular weight is 494 g/mol. The summed E-state index contributed by atoms with van der Waals surface area (Å²) >= 11 is 0. The molecule has 190 valence electrons. The number of ether oxygens (including phenoxy) is 6. The number of carbonyl (C=O) groups excluding carboxylic acids is 1. The molecular formula is C28H31NO7. The van der Waals surface area contributed by atoms with E-state index in [4.69, 9.17) is 28.4 Å². The molecule has 0 aromatic heterocycles. The van der Waals surface area contributed by atoms with Gasteiger partial charge >= 0.3 is 0 Å². The lowest BCUT2D eigenvalue weighted by atomic mass is 9.91. The molecule has 36 heavy (non-hydrogen) atoms. The number of hydrogen-bond acceptors (Lipinski definition) is 7. The smallest absolute Gasteiger partial charge is 0.258 e. The van der Waals surface area contributed by atoms with Crippen molar-refractivity contribution in [2.45, 2.75) is 12.5 Å². The molecule has 8 heteroatoms. The Morgan fingerprint density at radius 3 is 2.08 bits per heavy atom. The van der Waals surface area contributed by atoms with Crippen molar-refractivity contribution in [3.8, 4) is 34.5 Å². The van der Waals surface area contributed by atoms with E-state index in [2.05, 4.69) is 0 Å². The Kier molecular flexibility index (Phi) is 7.73. The van der Waals surface area contributed by atoms with Gasteiger partial charge in [-0.25, -0.2) is 0 Å². The highest BCUT2D eigenvalue weighted by atomic mass is 16.5. The fourth-order valence-electron chi connectivity index (χ4n) is 4.57. The third kappa shape index (κ3) is 4.71. The normalized spacial score (nSPS) is 14.5. The van der Waals surface area contributed by atoms with Crippen LogP contribution >= 0.6 is 0 Å². The molecule has 8 nitrogen and oxygen atoms in total. The van der Waals surface area contributed by atoms with E-state index in [9.17, 15) is 4.79 Å². The van der Waals surface area contributed by atoms with Crippen molar-refractivity contribution in [3.63, 3.8) is 0 Å². The van der Waals surface area contributed by atoms with Gasteiger partial charge in [0.05, 0.1) is 47.2 Å². The van der Waals surface area contributed by atoms with Gasteiger partial charge in [0.15, 0.2) is 34.5 Å². The highest BCUT2D eigenvalue weighted by Gasteiger charge is 2.35. The number of fused-ring (bicyclic) bond motifs is 1. The average Bonchev–Trinajstić information content (AvgIpc) is 2.94. The van der Waals surface area contributed by atoms with Gasteiger partial charge in [-0.1, -0.05) is 18.2 Å². The number of rotatable bonds is 9. The Labute approximate surface area is 211 Å². The van der Waals surface area contributed by atoms with Crippen LogP contribution in [0.4, 0.5) is 0 Å². The molecule has 0 N–H and O–H groups in total. The summed E-state index contributed by atoms with van der Waals surface area (Å²) in [6, 6.07) is 16.2. The van der Waals surface area contributed by atoms with E-state index in [0.717, 1.165) is 11.1 Å². The maximum absolute atomic E-state index is 13.9. The van der Waals surface area contributed by atoms with Crippen molar-refractivity contribution in [1.82, 2.24) is 4.90 Å². The molecular weight excluding hydrogens is 462 g/mol. The molecule has 0 aliphatic carbocycles. The summed E-state index contributed by atoms with van der Waals surface area (Å²) in [4.78, 5) is 15.7. The molecule has 1 atom stereocenters. The first kappa shape index (κ1) is 25.0. The molecule has 0 saturated carbocycles. The Morgan fingerprint density at radius 1 is 0.778 bits per heavy atom. The van der Waals surface area contributed by atoms with E-state index in [-0.39, 0.29) is 12.5 Å².